The van der Waals surface area contributed by atoms with Gasteiger partial charge in [-0.25, -0.2) is 0 Å². The maximum atomic E-state index is 12.6. The fraction of sp³-hybridized carbons (Fsp3) is 0.375. The molecule has 2 aromatic rings. The van der Waals surface area contributed by atoms with Crippen LogP contribution in [-0.2, 0) is 13.0 Å². The Hall–Kier alpha value is -2.45. The number of aromatic nitrogens is 2. The van der Waals surface area contributed by atoms with Gasteiger partial charge in [0.15, 0.2) is 17.2 Å². The summed E-state index contributed by atoms with van der Waals surface area (Å²) in [4.78, 5) is 12.6. The number of benzene rings is 1. The van der Waals surface area contributed by atoms with E-state index in [2.05, 4.69) is 20.8 Å². The number of halogens is 1. The van der Waals surface area contributed by atoms with E-state index in [1.54, 1.807) is 19.2 Å². The van der Waals surface area contributed by atoms with Gasteiger partial charge in [-0.15, -0.1) is 12.4 Å². The number of ether oxygens (including phenoxy) is 3. The van der Waals surface area contributed by atoms with Crippen LogP contribution in [0.1, 0.15) is 21.7 Å². The molecule has 0 unspecified atom stereocenters. The summed E-state index contributed by atoms with van der Waals surface area (Å²) in [6, 6.07) is 3.32. The molecule has 1 aromatic heterocycles. The van der Waals surface area contributed by atoms with Crippen LogP contribution in [0, 0.1) is 0 Å². The second-order valence-corrected chi connectivity index (χ2v) is 5.32. The first-order valence-electron chi connectivity index (χ1n) is 7.56. The quantitative estimate of drug-likeness (QED) is 0.744. The lowest BCUT2D eigenvalue weighted by molar-refractivity contribution is 0.102. The molecular weight excluding hydrogens is 348 g/mol. The fourth-order valence-electron chi connectivity index (χ4n) is 2.72. The molecule has 136 valence electrons. The maximum absolute atomic E-state index is 12.6. The zero-order valence-corrected chi connectivity index (χ0v) is 15.1. The van der Waals surface area contributed by atoms with Crippen LogP contribution < -0.4 is 24.8 Å². The summed E-state index contributed by atoms with van der Waals surface area (Å²) in [7, 11) is 4.60. The largest absolute Gasteiger partial charge is 0.494 e. The van der Waals surface area contributed by atoms with E-state index < -0.39 is 0 Å². The van der Waals surface area contributed by atoms with Crippen molar-refractivity contribution in [2.45, 2.75) is 13.0 Å². The number of carbonyl (C=O) groups excluding carboxylic acids is 1. The zero-order valence-electron chi connectivity index (χ0n) is 14.3. The smallest absolute Gasteiger partial charge is 0.276 e. The normalized spacial score (nSPS) is 12.6. The minimum Gasteiger partial charge on any atom is -0.494 e. The highest BCUT2D eigenvalue weighted by atomic mass is 35.5. The number of nitrogens with zero attached hydrogens (tertiary/aromatic N) is 1. The van der Waals surface area contributed by atoms with Gasteiger partial charge in [-0.05, 0) is 0 Å². The number of hydrogen-bond acceptors (Lipinski definition) is 6. The van der Waals surface area contributed by atoms with E-state index in [1.807, 2.05) is 0 Å². The van der Waals surface area contributed by atoms with Crippen LogP contribution in [0.4, 0.5) is 5.69 Å². The minimum atomic E-state index is -0.304. The molecule has 0 spiro atoms. The molecule has 0 saturated carbocycles. The summed E-state index contributed by atoms with van der Waals surface area (Å²) in [6.45, 7) is 1.50. The number of methoxy groups -OCH3 is 3. The van der Waals surface area contributed by atoms with Gasteiger partial charge in [0.1, 0.15) is 5.75 Å². The molecule has 8 nitrogen and oxygen atoms in total. The van der Waals surface area contributed by atoms with E-state index in [1.165, 1.54) is 14.2 Å². The molecule has 2 heterocycles. The summed E-state index contributed by atoms with van der Waals surface area (Å²) in [5.41, 5.74) is 2.77. The molecule has 0 fully saturated rings. The monoisotopic (exact) mass is 368 g/mol. The Bertz CT molecular complexity index is 763. The summed E-state index contributed by atoms with van der Waals surface area (Å²) in [5.74, 6) is 1.19. The fourth-order valence-corrected chi connectivity index (χ4v) is 2.72. The number of fused-ring (bicyclic) bond motifs is 1. The van der Waals surface area contributed by atoms with Crippen LogP contribution >= 0.6 is 12.4 Å². The van der Waals surface area contributed by atoms with Crippen LogP contribution in [0.15, 0.2) is 12.1 Å². The first kappa shape index (κ1) is 18.9. The van der Waals surface area contributed by atoms with Gasteiger partial charge in [0, 0.05) is 42.9 Å². The van der Waals surface area contributed by atoms with Crippen molar-refractivity contribution in [2.24, 2.45) is 0 Å². The van der Waals surface area contributed by atoms with Crippen molar-refractivity contribution in [2.75, 3.05) is 33.2 Å². The van der Waals surface area contributed by atoms with Gasteiger partial charge in [-0.1, -0.05) is 0 Å². The Balaban J connectivity index is 0.00000225. The van der Waals surface area contributed by atoms with Crippen molar-refractivity contribution in [1.29, 1.82) is 0 Å². The average Bonchev–Trinajstić information content (AvgIpc) is 3.05. The predicted octanol–water partition coefficient (Wildman–Crippen LogP) is 1.76. The van der Waals surface area contributed by atoms with Crippen LogP contribution in [0.25, 0.3) is 0 Å². The molecule has 1 aromatic carbocycles. The number of nitrogens with one attached hydrogen (secondary N) is 3. The van der Waals surface area contributed by atoms with E-state index >= 15 is 0 Å². The van der Waals surface area contributed by atoms with Gasteiger partial charge < -0.3 is 24.8 Å². The molecule has 25 heavy (non-hydrogen) atoms. The number of anilines is 1. The molecule has 1 aliphatic heterocycles. The third kappa shape index (κ3) is 3.64. The summed E-state index contributed by atoms with van der Waals surface area (Å²) < 4.78 is 15.8. The second kappa shape index (κ2) is 8.09. The lowest BCUT2D eigenvalue weighted by Gasteiger charge is -2.15. The van der Waals surface area contributed by atoms with Crippen molar-refractivity contribution >= 4 is 24.0 Å². The molecule has 1 aliphatic rings. The van der Waals surface area contributed by atoms with Gasteiger partial charge in [0.2, 0.25) is 0 Å². The summed E-state index contributed by atoms with van der Waals surface area (Å²) in [5, 5.41) is 13.2. The van der Waals surface area contributed by atoms with E-state index in [-0.39, 0.29) is 18.3 Å². The molecule has 9 heteroatoms. The lowest BCUT2D eigenvalue weighted by atomic mass is 10.1. The van der Waals surface area contributed by atoms with Crippen LogP contribution in [0.2, 0.25) is 0 Å². The molecule has 0 atom stereocenters. The Labute approximate surface area is 151 Å². The number of amides is 1. The highest BCUT2D eigenvalue weighted by molar-refractivity contribution is 6.05. The van der Waals surface area contributed by atoms with Gasteiger partial charge in [-0.3, -0.25) is 9.89 Å². The Morgan fingerprint density at radius 1 is 1.12 bits per heavy atom. The van der Waals surface area contributed by atoms with E-state index in [4.69, 9.17) is 14.2 Å². The van der Waals surface area contributed by atoms with Crippen LogP contribution in [0.3, 0.4) is 0 Å². The molecule has 0 radical (unpaired) electrons. The number of aromatic amines is 1. The van der Waals surface area contributed by atoms with Crippen molar-refractivity contribution < 1.29 is 19.0 Å². The first-order chi connectivity index (χ1) is 11.7. The molecule has 3 rings (SSSR count). The standard InChI is InChI=1S/C16H20N4O4.ClH/c1-22-12-7-14(24-3)13(23-2)6-11(12)18-16(21)15-9-8-17-5-4-10(9)19-20-15;/h6-7,17H,4-5,8H2,1-3H3,(H,18,21)(H,19,20);1H. The van der Waals surface area contributed by atoms with Crippen molar-refractivity contribution in [3.63, 3.8) is 0 Å². The third-order valence-corrected chi connectivity index (χ3v) is 3.98. The molecule has 0 aliphatic carbocycles. The second-order valence-electron chi connectivity index (χ2n) is 5.32. The highest BCUT2D eigenvalue weighted by Crippen LogP contribution is 2.38. The van der Waals surface area contributed by atoms with Crippen molar-refractivity contribution in [1.82, 2.24) is 15.5 Å². The first-order valence-corrected chi connectivity index (χ1v) is 7.56. The predicted molar refractivity (Wildman–Crippen MR) is 95.3 cm³/mol. The van der Waals surface area contributed by atoms with Gasteiger partial charge in [-0.2, -0.15) is 5.10 Å². The third-order valence-electron chi connectivity index (χ3n) is 3.98. The Kier molecular flexibility index (Phi) is 6.11. The SMILES string of the molecule is COc1cc(OC)c(OC)cc1NC(=O)c1n[nH]c2c1CNCC2.Cl. The molecule has 0 bridgehead atoms. The Morgan fingerprint density at radius 2 is 1.80 bits per heavy atom. The number of hydrogen-bond donors (Lipinski definition) is 3. The molecule has 0 saturated heterocycles. The van der Waals surface area contributed by atoms with E-state index in [9.17, 15) is 4.79 Å². The van der Waals surface area contributed by atoms with Gasteiger partial charge in [0.25, 0.3) is 5.91 Å². The summed E-state index contributed by atoms with van der Waals surface area (Å²) >= 11 is 0. The average molecular weight is 369 g/mol. The highest BCUT2D eigenvalue weighted by Gasteiger charge is 2.23. The topological polar surface area (TPSA) is 97.5 Å². The molecule has 3 N–H and O–H groups in total. The van der Waals surface area contributed by atoms with E-state index in [0.29, 0.717) is 35.2 Å². The number of H-pyrrole nitrogens is 1. The number of carbonyl (C=O) groups is 1. The zero-order chi connectivity index (χ0) is 17.1. The van der Waals surface area contributed by atoms with Gasteiger partial charge >= 0.3 is 0 Å². The van der Waals surface area contributed by atoms with Gasteiger partial charge in [0.05, 0.1) is 27.0 Å². The van der Waals surface area contributed by atoms with Crippen molar-refractivity contribution in [3.8, 4) is 17.2 Å². The molecule has 1 amide bonds. The van der Waals surface area contributed by atoms with Crippen LogP contribution in [0.5, 0.6) is 17.2 Å². The molecular formula is C16H21ClN4O4. The van der Waals surface area contributed by atoms with Crippen molar-refractivity contribution in [3.05, 3.63) is 29.1 Å². The number of rotatable bonds is 5. The van der Waals surface area contributed by atoms with E-state index in [0.717, 1.165) is 24.2 Å². The summed E-state index contributed by atoms with van der Waals surface area (Å²) in [6.07, 6.45) is 0.829. The maximum Gasteiger partial charge on any atom is 0.276 e. The minimum absolute atomic E-state index is 0. The lowest BCUT2D eigenvalue weighted by Crippen LogP contribution is -2.25. The Morgan fingerprint density at radius 3 is 2.48 bits per heavy atom. The van der Waals surface area contributed by atoms with Crippen LogP contribution in [-0.4, -0.2) is 44.0 Å².